The van der Waals surface area contributed by atoms with E-state index in [1.165, 1.54) is 0 Å². The molecule has 0 radical (unpaired) electrons. The molecule has 6 nitrogen and oxygen atoms in total. The summed E-state index contributed by atoms with van der Waals surface area (Å²) in [5.74, 6) is -7.07. The Balaban J connectivity index is 6.37. The maximum Gasteiger partial charge on any atom is 0.378 e. The van der Waals surface area contributed by atoms with Crippen molar-refractivity contribution in [2.24, 2.45) is 0 Å². The molecular formula is C7H8Br2F8N4O2. The summed E-state index contributed by atoms with van der Waals surface area (Å²) in [7, 11) is 0. The summed E-state index contributed by atoms with van der Waals surface area (Å²) in [6.45, 7) is 0.476. The van der Waals surface area contributed by atoms with Gasteiger partial charge in [-0.05, 0) is 6.42 Å². The SMILES string of the molecule is CCC(N(F)F)(N(F)F)C(OC(=O)C(Br)CBr)(N(F)F)N(F)F. The van der Waals surface area contributed by atoms with E-state index in [-0.39, 0.29) is 5.33 Å². The van der Waals surface area contributed by atoms with Gasteiger partial charge in [0.2, 0.25) is 0 Å². The average Bonchev–Trinajstić information content (AvgIpc) is 2.44. The number of carbonyl (C=O) groups excluding carboxylic acids is 1. The number of ether oxygens (including phenoxy) is 1. The molecule has 0 saturated heterocycles. The van der Waals surface area contributed by atoms with Crippen LogP contribution in [0.4, 0.5) is 35.9 Å². The number of halogens is 10. The summed E-state index contributed by atoms with van der Waals surface area (Å²) in [6, 6.07) is 0. The van der Waals surface area contributed by atoms with Crippen LogP contribution < -0.4 is 0 Å². The lowest BCUT2D eigenvalue weighted by atomic mass is 10.0. The Morgan fingerprint density at radius 2 is 1.39 bits per heavy atom. The zero-order valence-corrected chi connectivity index (χ0v) is 14.0. The molecule has 0 fully saturated rings. The summed E-state index contributed by atoms with van der Waals surface area (Å²) in [5.41, 5.74) is -4.71. The topological polar surface area (TPSA) is 39.3 Å². The number of esters is 1. The fraction of sp³-hybridized carbons (Fsp3) is 0.857. The van der Waals surface area contributed by atoms with Crippen molar-refractivity contribution in [3.63, 3.8) is 0 Å². The third-order valence-electron chi connectivity index (χ3n) is 2.67. The lowest BCUT2D eigenvalue weighted by Gasteiger charge is -2.45. The van der Waals surface area contributed by atoms with Crippen molar-refractivity contribution in [3.8, 4) is 0 Å². The molecule has 1 unspecified atom stereocenters. The monoisotopic (exact) mass is 490 g/mol. The van der Waals surface area contributed by atoms with Crippen LogP contribution in [0.2, 0.25) is 0 Å². The minimum Gasteiger partial charge on any atom is -0.416 e. The minimum absolute atomic E-state index is 0.373. The van der Waals surface area contributed by atoms with E-state index in [1.54, 1.807) is 0 Å². The molecule has 138 valence electrons. The highest BCUT2D eigenvalue weighted by Gasteiger charge is 2.75. The van der Waals surface area contributed by atoms with Gasteiger partial charge in [-0.2, -0.15) is 0 Å². The molecule has 0 amide bonds. The Morgan fingerprint density at radius 1 is 1.00 bits per heavy atom. The van der Waals surface area contributed by atoms with Crippen LogP contribution in [0.5, 0.6) is 0 Å². The Hall–Kier alpha value is -0.290. The van der Waals surface area contributed by atoms with Crippen molar-refractivity contribution >= 4 is 37.8 Å². The van der Waals surface area contributed by atoms with Crippen LogP contribution in [0.15, 0.2) is 0 Å². The van der Waals surface area contributed by atoms with Crippen LogP contribution in [0.3, 0.4) is 0 Å². The van der Waals surface area contributed by atoms with E-state index in [1.807, 2.05) is 0 Å². The summed E-state index contributed by atoms with van der Waals surface area (Å²) >= 11 is 5.16. The van der Waals surface area contributed by atoms with E-state index in [2.05, 4.69) is 36.6 Å². The third kappa shape index (κ3) is 3.87. The first-order valence-electron chi connectivity index (χ1n) is 5.35. The summed E-state index contributed by atoms with van der Waals surface area (Å²) in [4.78, 5) is 9.90. The van der Waals surface area contributed by atoms with Gasteiger partial charge in [0, 0.05) is 5.33 Å². The fourth-order valence-electron chi connectivity index (χ4n) is 1.49. The lowest BCUT2D eigenvalue weighted by molar-refractivity contribution is -0.540. The molecule has 0 aliphatic heterocycles. The van der Waals surface area contributed by atoms with E-state index >= 15 is 0 Å². The smallest absolute Gasteiger partial charge is 0.378 e. The standard InChI is InChI=1S/C7H8Br2F8N4O2/c1-2-6(18(10)11,19(12)13)7(20(14)15,21(16)17)23-5(22)4(9)3-8/h4H,2-3H2,1H3. The van der Waals surface area contributed by atoms with Crippen LogP contribution >= 0.6 is 31.9 Å². The van der Waals surface area contributed by atoms with Gasteiger partial charge in [-0.25, -0.2) is 0 Å². The number of rotatable bonds is 9. The molecule has 0 spiro atoms. The van der Waals surface area contributed by atoms with E-state index in [4.69, 9.17) is 0 Å². The van der Waals surface area contributed by atoms with Gasteiger partial charge in [0.1, 0.15) is 4.83 Å². The highest BCUT2D eigenvalue weighted by Crippen LogP contribution is 2.46. The second kappa shape index (κ2) is 8.70. The van der Waals surface area contributed by atoms with Gasteiger partial charge in [0.25, 0.3) is 5.66 Å². The highest BCUT2D eigenvalue weighted by atomic mass is 79.9. The van der Waals surface area contributed by atoms with Crippen LogP contribution in [0, 0.1) is 0 Å². The van der Waals surface area contributed by atoms with Crippen molar-refractivity contribution in [2.75, 3.05) is 5.33 Å². The molecule has 23 heavy (non-hydrogen) atoms. The Kier molecular flexibility index (Phi) is 8.59. The molecule has 0 aromatic carbocycles. The minimum atomic E-state index is -5.14. The third-order valence-corrected chi connectivity index (χ3v) is 4.88. The highest BCUT2D eigenvalue weighted by molar-refractivity contribution is 9.12. The summed E-state index contributed by atoms with van der Waals surface area (Å²) in [6.07, 6.45) is -1.70. The Labute approximate surface area is 140 Å². The summed E-state index contributed by atoms with van der Waals surface area (Å²) < 4.78 is 108. The van der Waals surface area contributed by atoms with E-state index in [0.717, 1.165) is 0 Å². The molecule has 0 heterocycles. The van der Waals surface area contributed by atoms with Crippen molar-refractivity contribution < 1.29 is 45.4 Å². The molecule has 0 aromatic heterocycles. The molecule has 1 atom stereocenters. The fourth-order valence-corrected chi connectivity index (χ4v) is 1.85. The van der Waals surface area contributed by atoms with Gasteiger partial charge >= 0.3 is 11.8 Å². The van der Waals surface area contributed by atoms with Gasteiger partial charge in [0.05, 0.1) is 21.4 Å². The van der Waals surface area contributed by atoms with Gasteiger partial charge in [-0.1, -0.05) is 74.6 Å². The zero-order valence-electron chi connectivity index (χ0n) is 10.9. The van der Waals surface area contributed by atoms with Crippen molar-refractivity contribution in [1.82, 2.24) is 21.4 Å². The average molecular weight is 492 g/mol. The van der Waals surface area contributed by atoms with Crippen LogP contribution in [-0.2, 0) is 9.53 Å². The van der Waals surface area contributed by atoms with Crippen molar-refractivity contribution in [1.29, 1.82) is 0 Å². The first kappa shape index (κ1) is 22.7. The molecule has 0 aliphatic carbocycles. The maximum atomic E-state index is 13.0. The number of hydrogen-bond acceptors (Lipinski definition) is 6. The van der Waals surface area contributed by atoms with Gasteiger partial charge in [-0.15, -0.1) is 0 Å². The van der Waals surface area contributed by atoms with Gasteiger partial charge < -0.3 is 4.74 Å². The Morgan fingerprint density at radius 3 is 1.61 bits per heavy atom. The molecular weight excluding hydrogens is 484 g/mol. The molecule has 0 aromatic rings. The maximum absolute atomic E-state index is 13.0. The quantitative estimate of drug-likeness (QED) is 0.161. The molecule has 16 heteroatoms. The van der Waals surface area contributed by atoms with Crippen LogP contribution in [0.25, 0.3) is 0 Å². The van der Waals surface area contributed by atoms with Crippen molar-refractivity contribution in [2.45, 2.75) is 29.7 Å². The molecule has 0 aliphatic rings. The van der Waals surface area contributed by atoms with E-state index < -0.39 is 50.1 Å². The first-order chi connectivity index (χ1) is 10.4. The summed E-state index contributed by atoms with van der Waals surface area (Å²) in [5, 5.41) is -11.1. The van der Waals surface area contributed by atoms with Crippen molar-refractivity contribution in [3.05, 3.63) is 0 Å². The van der Waals surface area contributed by atoms with E-state index in [9.17, 15) is 40.6 Å². The van der Waals surface area contributed by atoms with Gasteiger partial charge in [-0.3, -0.25) is 4.79 Å². The predicted octanol–water partition coefficient (Wildman–Crippen LogP) is 3.73. The zero-order chi connectivity index (χ0) is 18.6. The largest absolute Gasteiger partial charge is 0.416 e. The van der Waals surface area contributed by atoms with Crippen LogP contribution in [-0.4, -0.2) is 49.0 Å². The number of nitrogens with zero attached hydrogens (tertiary/aromatic N) is 4. The number of hydrogen-bond donors (Lipinski definition) is 0. The molecule has 0 N–H and O–H groups in total. The second-order valence-electron chi connectivity index (χ2n) is 3.75. The lowest BCUT2D eigenvalue weighted by Crippen LogP contribution is -2.75. The molecule has 0 rings (SSSR count). The molecule has 0 saturated carbocycles. The molecule has 0 bridgehead atoms. The van der Waals surface area contributed by atoms with Gasteiger partial charge in [0.15, 0.2) is 0 Å². The predicted molar refractivity (Wildman–Crippen MR) is 64.6 cm³/mol. The first-order valence-corrected chi connectivity index (χ1v) is 7.39. The van der Waals surface area contributed by atoms with Crippen LogP contribution in [0.1, 0.15) is 13.3 Å². The normalized spacial score (nSPS) is 14.9. The number of alkyl halides is 2. The Bertz CT molecular complexity index is 389. The number of carbonyl (C=O) groups is 1. The van der Waals surface area contributed by atoms with E-state index in [0.29, 0.717) is 6.92 Å². The second-order valence-corrected chi connectivity index (χ2v) is 5.51.